The molecule has 0 N–H and O–H groups in total. The van der Waals surface area contributed by atoms with Gasteiger partial charge in [0.25, 0.3) is 0 Å². The number of carbonyl (C=O) groups excluding carboxylic acids is 1. The maximum absolute atomic E-state index is 11.1. The van der Waals surface area contributed by atoms with Gasteiger partial charge in [0.05, 0.1) is 18.8 Å². The zero-order chi connectivity index (χ0) is 30.7. The Labute approximate surface area is 242 Å². The van der Waals surface area contributed by atoms with Gasteiger partial charge in [0.2, 0.25) is 8.38 Å². The maximum Gasteiger partial charge on any atom is 0.235 e. The van der Waals surface area contributed by atoms with Crippen LogP contribution in [0.4, 0.5) is 0 Å². The highest BCUT2D eigenvalue weighted by Crippen LogP contribution is 2.54. The minimum atomic E-state index is -1.20. The van der Waals surface area contributed by atoms with Gasteiger partial charge in [-0.2, -0.15) is 0 Å². The average molecular weight is 570 g/mol. The van der Waals surface area contributed by atoms with Crippen LogP contribution < -0.4 is 4.52 Å². The number of ether oxygens (including phenoxy) is 2. The Bertz CT molecular complexity index is 809. The van der Waals surface area contributed by atoms with Crippen molar-refractivity contribution in [3.8, 4) is 5.75 Å². The molecule has 0 amide bonds. The van der Waals surface area contributed by atoms with Crippen molar-refractivity contribution in [2.75, 3.05) is 47.6 Å². The van der Waals surface area contributed by atoms with Gasteiger partial charge in [-0.25, -0.2) is 0 Å². The topological polar surface area (TPSA) is 57.2 Å². The average Bonchev–Trinajstić information content (AvgIpc) is 2.74. The summed E-state index contributed by atoms with van der Waals surface area (Å²) in [5.74, 6) is 0.942. The van der Waals surface area contributed by atoms with Gasteiger partial charge < -0.3 is 28.2 Å². The van der Waals surface area contributed by atoms with Gasteiger partial charge >= 0.3 is 0 Å². The SMILES string of the molecule is CN(CCOP(Oc1c(C(C)(C)C)cc(CCC=O)cc1C(C)(C)C)C(C)(C)C)CCOC(C)(C)C.COC. The number of hydrogen-bond donors (Lipinski definition) is 0. The van der Waals surface area contributed by atoms with Crippen molar-refractivity contribution in [2.45, 2.75) is 118 Å². The van der Waals surface area contributed by atoms with Gasteiger partial charge in [0, 0.05) is 50.0 Å². The van der Waals surface area contributed by atoms with E-state index in [1.165, 1.54) is 16.7 Å². The summed E-state index contributed by atoms with van der Waals surface area (Å²) in [6.07, 6.45) is 2.27. The molecule has 0 aliphatic rings. The van der Waals surface area contributed by atoms with E-state index in [0.29, 0.717) is 19.6 Å². The number of methoxy groups -OCH3 is 1. The quantitative estimate of drug-likeness (QED) is 0.188. The van der Waals surface area contributed by atoms with Gasteiger partial charge in [0.1, 0.15) is 12.0 Å². The second-order valence-electron chi connectivity index (χ2n) is 14.3. The smallest absolute Gasteiger partial charge is 0.235 e. The first-order valence-corrected chi connectivity index (χ1v) is 15.3. The third kappa shape index (κ3) is 15.5. The monoisotopic (exact) mass is 569 g/mol. The van der Waals surface area contributed by atoms with Crippen LogP contribution in [0.3, 0.4) is 0 Å². The van der Waals surface area contributed by atoms with Crippen molar-refractivity contribution < 1.29 is 23.3 Å². The van der Waals surface area contributed by atoms with Gasteiger partial charge in [-0.1, -0.05) is 74.4 Å². The Kier molecular flexibility index (Phi) is 16.0. The minimum Gasteiger partial charge on any atom is -0.446 e. The zero-order valence-corrected chi connectivity index (χ0v) is 28.8. The fourth-order valence-electron chi connectivity index (χ4n) is 3.61. The number of hydrogen-bond acceptors (Lipinski definition) is 6. The lowest BCUT2D eigenvalue weighted by Gasteiger charge is -2.35. The second-order valence-corrected chi connectivity index (χ2v) is 16.5. The Balaban J connectivity index is 0.00000458. The fourth-order valence-corrected chi connectivity index (χ4v) is 4.93. The molecule has 7 heteroatoms. The maximum atomic E-state index is 11.1. The molecule has 0 spiro atoms. The predicted molar refractivity (Wildman–Crippen MR) is 168 cm³/mol. The first-order valence-electron chi connectivity index (χ1n) is 14.1. The van der Waals surface area contributed by atoms with Crippen LogP contribution in [0.25, 0.3) is 0 Å². The van der Waals surface area contributed by atoms with Crippen molar-refractivity contribution in [1.29, 1.82) is 0 Å². The van der Waals surface area contributed by atoms with Crippen LogP contribution in [-0.4, -0.2) is 69.5 Å². The third-order valence-electron chi connectivity index (χ3n) is 5.73. The van der Waals surface area contributed by atoms with Crippen molar-refractivity contribution in [1.82, 2.24) is 4.90 Å². The number of carbonyl (C=O) groups is 1. The summed E-state index contributed by atoms with van der Waals surface area (Å²) in [6.45, 7) is 29.1. The van der Waals surface area contributed by atoms with E-state index in [-0.39, 0.29) is 21.6 Å². The fraction of sp³-hybridized carbons (Fsp3) is 0.781. The number of nitrogens with zero attached hydrogens (tertiary/aromatic N) is 1. The third-order valence-corrected chi connectivity index (χ3v) is 7.59. The molecular formula is C32H60NO5P. The molecule has 1 aromatic carbocycles. The molecule has 1 atom stereocenters. The molecular weight excluding hydrogens is 509 g/mol. The number of rotatable bonds is 12. The first kappa shape index (κ1) is 38.0. The van der Waals surface area contributed by atoms with Crippen LogP contribution >= 0.6 is 8.38 Å². The molecule has 0 aliphatic heterocycles. The zero-order valence-electron chi connectivity index (χ0n) is 27.9. The minimum absolute atomic E-state index is 0.112. The lowest BCUT2D eigenvalue weighted by molar-refractivity contribution is -0.107. The highest BCUT2D eigenvalue weighted by molar-refractivity contribution is 7.49. The van der Waals surface area contributed by atoms with Gasteiger partial charge in [-0.3, -0.25) is 0 Å². The normalized spacial score (nSPS) is 13.6. The van der Waals surface area contributed by atoms with E-state index >= 15 is 0 Å². The summed E-state index contributed by atoms with van der Waals surface area (Å²) >= 11 is 0. The van der Waals surface area contributed by atoms with E-state index < -0.39 is 8.38 Å². The predicted octanol–water partition coefficient (Wildman–Crippen LogP) is 7.93. The molecule has 1 unspecified atom stereocenters. The second kappa shape index (κ2) is 16.4. The molecule has 0 fully saturated rings. The van der Waals surface area contributed by atoms with Crippen LogP contribution in [0.1, 0.15) is 106 Å². The lowest BCUT2D eigenvalue weighted by Crippen LogP contribution is -2.30. The van der Waals surface area contributed by atoms with Gasteiger partial charge in [-0.05, 0) is 50.6 Å². The molecule has 1 rings (SSSR count). The van der Waals surface area contributed by atoms with Crippen LogP contribution in [0, 0.1) is 0 Å². The molecule has 0 aliphatic carbocycles. The number of aryl methyl sites for hydroxylation is 1. The molecule has 0 saturated carbocycles. The number of benzene rings is 1. The standard InChI is InChI=1S/C30H54NO4P.C2H6O/c1-27(2,3)24-21-23(15-14-18-32)22-25(28(4,5)6)26(24)35-36(30(10,11)12)34-20-17-31(13)16-19-33-29(7,8)9;1-3-2/h18,21-22H,14-17,19-20H2,1-13H3;1-2H3. The Morgan fingerprint density at radius 3 is 1.67 bits per heavy atom. The van der Waals surface area contributed by atoms with Crippen LogP contribution in [-0.2, 0) is 36.0 Å². The number of aldehydes is 1. The van der Waals surface area contributed by atoms with Crippen molar-refractivity contribution in [2.24, 2.45) is 0 Å². The van der Waals surface area contributed by atoms with E-state index in [1.807, 2.05) is 0 Å². The van der Waals surface area contributed by atoms with E-state index in [9.17, 15) is 4.79 Å². The van der Waals surface area contributed by atoms with Crippen LogP contribution in [0.5, 0.6) is 5.75 Å². The van der Waals surface area contributed by atoms with E-state index in [0.717, 1.165) is 31.5 Å². The number of likely N-dealkylation sites (N-methyl/N-ethyl adjacent to an activating group) is 1. The molecule has 0 radical (unpaired) electrons. The van der Waals surface area contributed by atoms with Crippen molar-refractivity contribution >= 4 is 14.7 Å². The van der Waals surface area contributed by atoms with Gasteiger partial charge in [-0.15, -0.1) is 0 Å². The summed E-state index contributed by atoms with van der Waals surface area (Å²) in [6, 6.07) is 4.46. The van der Waals surface area contributed by atoms with Crippen LogP contribution in [0.15, 0.2) is 12.1 Å². The highest BCUT2D eigenvalue weighted by atomic mass is 31.2. The Morgan fingerprint density at radius 1 is 0.821 bits per heavy atom. The van der Waals surface area contributed by atoms with E-state index in [4.69, 9.17) is 13.8 Å². The highest BCUT2D eigenvalue weighted by Gasteiger charge is 2.34. The molecule has 0 aromatic heterocycles. The molecule has 0 heterocycles. The lowest BCUT2D eigenvalue weighted by atomic mass is 9.78. The van der Waals surface area contributed by atoms with Crippen molar-refractivity contribution in [3.05, 3.63) is 28.8 Å². The molecule has 6 nitrogen and oxygen atoms in total. The molecule has 228 valence electrons. The molecule has 39 heavy (non-hydrogen) atoms. The summed E-state index contributed by atoms with van der Waals surface area (Å²) in [5, 5.41) is -0.149. The summed E-state index contributed by atoms with van der Waals surface area (Å²) in [7, 11) is 4.15. The Morgan fingerprint density at radius 2 is 1.28 bits per heavy atom. The summed E-state index contributed by atoms with van der Waals surface area (Å²) < 4.78 is 23.5. The molecule has 0 bridgehead atoms. The molecule has 0 saturated heterocycles. The largest absolute Gasteiger partial charge is 0.446 e. The van der Waals surface area contributed by atoms with Crippen LogP contribution in [0.2, 0.25) is 0 Å². The molecule has 1 aromatic rings. The van der Waals surface area contributed by atoms with E-state index in [1.54, 1.807) is 14.2 Å². The Hall–Kier alpha value is -1.04. The van der Waals surface area contributed by atoms with E-state index in [2.05, 4.69) is 112 Å². The summed E-state index contributed by atoms with van der Waals surface area (Å²) in [5.41, 5.74) is 3.19. The van der Waals surface area contributed by atoms with Crippen molar-refractivity contribution in [3.63, 3.8) is 0 Å². The van der Waals surface area contributed by atoms with Gasteiger partial charge in [0.15, 0.2) is 0 Å². The first-order chi connectivity index (χ1) is 17.7. The summed E-state index contributed by atoms with van der Waals surface area (Å²) in [4.78, 5) is 13.3.